The minimum atomic E-state index is -0.262. The molecule has 0 amide bonds. The second kappa shape index (κ2) is 4.63. The van der Waals surface area contributed by atoms with Crippen molar-refractivity contribution in [2.24, 2.45) is 0 Å². The topological polar surface area (TPSA) is 66.5 Å². The molecule has 4 nitrogen and oxygen atoms in total. The van der Waals surface area contributed by atoms with Gasteiger partial charge in [0.25, 0.3) is 0 Å². The molecule has 0 saturated carbocycles. The van der Waals surface area contributed by atoms with Crippen LogP contribution in [0.5, 0.6) is 0 Å². The van der Waals surface area contributed by atoms with Gasteiger partial charge in [0.2, 0.25) is 0 Å². The van der Waals surface area contributed by atoms with E-state index in [0.29, 0.717) is 23.3 Å². The number of aryl methyl sites for hydroxylation is 1. The Morgan fingerprint density at radius 3 is 2.59 bits per heavy atom. The van der Waals surface area contributed by atoms with Crippen LogP contribution in [0.3, 0.4) is 0 Å². The third-order valence-corrected chi connectivity index (χ3v) is 2.88. The van der Waals surface area contributed by atoms with Crippen LogP contribution in [0.1, 0.15) is 11.3 Å². The van der Waals surface area contributed by atoms with Crippen LogP contribution >= 0.6 is 15.9 Å². The third-order valence-electron chi connectivity index (χ3n) is 2.35. The smallest absolute Gasteiger partial charge is 0.178 e. The Morgan fingerprint density at radius 1 is 1.35 bits per heavy atom. The summed E-state index contributed by atoms with van der Waals surface area (Å²) in [5.74, 6) is 0.166. The molecule has 0 spiro atoms. The van der Waals surface area contributed by atoms with Crippen LogP contribution in [0.2, 0.25) is 0 Å². The highest BCUT2D eigenvalue weighted by molar-refractivity contribution is 9.10. The van der Waals surface area contributed by atoms with Crippen molar-refractivity contribution in [1.82, 2.24) is 5.16 Å². The Hall–Kier alpha value is -1.75. The van der Waals surface area contributed by atoms with Crippen LogP contribution in [0.4, 0.5) is 0 Å². The average molecular weight is 296 g/mol. The van der Waals surface area contributed by atoms with Crippen molar-refractivity contribution < 1.29 is 14.7 Å². The zero-order valence-corrected chi connectivity index (χ0v) is 10.6. The molecule has 2 rings (SSSR count). The second-order valence-corrected chi connectivity index (χ2v) is 4.41. The fourth-order valence-electron chi connectivity index (χ4n) is 1.53. The van der Waals surface area contributed by atoms with Crippen LogP contribution < -0.4 is 0 Å². The molecular formula is C12H10BrNO3. The minimum Gasteiger partial charge on any atom is -0.512 e. The number of aliphatic hydroxyl groups is 2. The van der Waals surface area contributed by atoms with Crippen molar-refractivity contribution in [1.29, 1.82) is 0 Å². The molecule has 0 saturated heterocycles. The molecule has 0 radical (unpaired) electrons. The number of hydrogen-bond donors (Lipinski definition) is 2. The molecule has 0 fully saturated rings. The predicted molar refractivity (Wildman–Crippen MR) is 67.6 cm³/mol. The lowest BCUT2D eigenvalue weighted by Gasteiger charge is -2.01. The van der Waals surface area contributed by atoms with Crippen LogP contribution in [-0.2, 0) is 0 Å². The molecule has 1 heterocycles. The van der Waals surface area contributed by atoms with E-state index in [4.69, 9.17) is 9.63 Å². The second-order valence-electron chi connectivity index (χ2n) is 3.49. The Kier molecular flexibility index (Phi) is 3.19. The van der Waals surface area contributed by atoms with Gasteiger partial charge >= 0.3 is 0 Å². The maximum absolute atomic E-state index is 9.60. The summed E-state index contributed by atoms with van der Waals surface area (Å²) in [6, 6.07) is 7.38. The molecule has 17 heavy (non-hydrogen) atoms. The van der Waals surface area contributed by atoms with Gasteiger partial charge in [0.15, 0.2) is 11.5 Å². The Balaban J connectivity index is 2.57. The van der Waals surface area contributed by atoms with Gasteiger partial charge in [-0.05, 0) is 31.2 Å². The zero-order valence-electron chi connectivity index (χ0n) is 9.01. The van der Waals surface area contributed by atoms with E-state index in [1.54, 1.807) is 6.92 Å². The van der Waals surface area contributed by atoms with Crippen molar-refractivity contribution in [3.63, 3.8) is 0 Å². The van der Waals surface area contributed by atoms with Gasteiger partial charge in [-0.2, -0.15) is 0 Å². The first-order chi connectivity index (χ1) is 8.13. The molecule has 0 aliphatic rings. The first-order valence-electron chi connectivity index (χ1n) is 4.89. The summed E-state index contributed by atoms with van der Waals surface area (Å²) in [4.78, 5) is 0. The van der Waals surface area contributed by atoms with Gasteiger partial charge in [-0.25, -0.2) is 0 Å². The van der Waals surface area contributed by atoms with Crippen molar-refractivity contribution >= 4 is 21.7 Å². The largest absolute Gasteiger partial charge is 0.512 e. The molecule has 2 N–H and O–H groups in total. The fraction of sp³-hybridized carbons (Fsp3) is 0.0833. The summed E-state index contributed by atoms with van der Waals surface area (Å²) in [5, 5.41) is 22.2. The highest BCUT2D eigenvalue weighted by atomic mass is 79.9. The number of halogens is 1. The molecule has 0 atom stereocenters. The van der Waals surface area contributed by atoms with Gasteiger partial charge in [0, 0.05) is 10.0 Å². The number of hydrogen-bond acceptors (Lipinski definition) is 4. The van der Waals surface area contributed by atoms with E-state index >= 15 is 0 Å². The summed E-state index contributed by atoms with van der Waals surface area (Å²) in [6.45, 7) is 1.70. The molecule has 0 unspecified atom stereocenters. The van der Waals surface area contributed by atoms with E-state index in [-0.39, 0.29) is 5.76 Å². The summed E-state index contributed by atoms with van der Waals surface area (Å²) >= 11 is 3.34. The zero-order chi connectivity index (χ0) is 12.4. The molecular weight excluding hydrogens is 286 g/mol. The number of aromatic nitrogens is 1. The quantitative estimate of drug-likeness (QED) is 0.827. The van der Waals surface area contributed by atoms with Crippen LogP contribution in [0, 0.1) is 6.92 Å². The van der Waals surface area contributed by atoms with E-state index in [1.165, 1.54) is 0 Å². The van der Waals surface area contributed by atoms with Gasteiger partial charge in [-0.1, -0.05) is 21.1 Å². The van der Waals surface area contributed by atoms with E-state index < -0.39 is 0 Å². The maximum Gasteiger partial charge on any atom is 0.178 e. The molecule has 5 heteroatoms. The highest BCUT2D eigenvalue weighted by Crippen LogP contribution is 2.30. The standard InChI is InChI=1S/C12H10BrNO3/c1-7-11(10(16)6-15)12(17-14-7)8-2-4-9(13)5-3-8/h2-6,15-16H,1H3/b10-6-. The fourth-order valence-corrected chi connectivity index (χ4v) is 1.80. The minimum absolute atomic E-state index is 0.262. The van der Waals surface area contributed by atoms with Gasteiger partial charge in [0.1, 0.15) is 6.26 Å². The van der Waals surface area contributed by atoms with Gasteiger partial charge < -0.3 is 14.7 Å². The van der Waals surface area contributed by atoms with Gasteiger partial charge in [0.05, 0.1) is 11.3 Å². The van der Waals surface area contributed by atoms with Gasteiger partial charge in [-0.15, -0.1) is 0 Å². The van der Waals surface area contributed by atoms with E-state index in [1.807, 2.05) is 24.3 Å². The Labute approximate surface area is 106 Å². The van der Waals surface area contributed by atoms with Crippen molar-refractivity contribution in [2.75, 3.05) is 0 Å². The third kappa shape index (κ3) is 2.19. The molecule has 2 aromatic rings. The summed E-state index contributed by atoms with van der Waals surface area (Å²) in [7, 11) is 0. The highest BCUT2D eigenvalue weighted by Gasteiger charge is 2.18. The SMILES string of the molecule is Cc1noc(-c2ccc(Br)cc2)c1/C(O)=C/O. The van der Waals surface area contributed by atoms with E-state index in [2.05, 4.69) is 21.1 Å². The summed E-state index contributed by atoms with van der Waals surface area (Å²) in [5.41, 5.74) is 1.69. The lowest BCUT2D eigenvalue weighted by Crippen LogP contribution is -1.87. The normalized spacial score (nSPS) is 11.8. The number of rotatable bonds is 2. The first-order valence-corrected chi connectivity index (χ1v) is 5.68. The maximum atomic E-state index is 9.60. The summed E-state index contributed by atoms with van der Waals surface area (Å²) in [6.07, 6.45) is 0.627. The number of aliphatic hydroxyl groups excluding tert-OH is 2. The molecule has 0 aliphatic heterocycles. The average Bonchev–Trinajstić information content (AvgIpc) is 2.71. The van der Waals surface area contributed by atoms with Crippen molar-refractivity contribution in [3.8, 4) is 11.3 Å². The first kappa shape index (κ1) is 11.7. The number of nitrogens with zero attached hydrogens (tertiary/aromatic N) is 1. The molecule has 0 aliphatic carbocycles. The molecule has 1 aromatic heterocycles. The predicted octanol–water partition coefficient (Wildman–Crippen LogP) is 3.83. The van der Waals surface area contributed by atoms with E-state index in [9.17, 15) is 5.11 Å². The molecule has 1 aromatic carbocycles. The molecule has 88 valence electrons. The Bertz CT molecular complexity index is 558. The Morgan fingerprint density at radius 2 is 2.00 bits per heavy atom. The molecule has 0 bridgehead atoms. The lowest BCUT2D eigenvalue weighted by atomic mass is 10.1. The van der Waals surface area contributed by atoms with Crippen LogP contribution in [0.15, 0.2) is 39.5 Å². The van der Waals surface area contributed by atoms with Crippen LogP contribution in [0.25, 0.3) is 17.1 Å². The monoisotopic (exact) mass is 295 g/mol. The van der Waals surface area contributed by atoms with Crippen molar-refractivity contribution in [2.45, 2.75) is 6.92 Å². The van der Waals surface area contributed by atoms with E-state index in [0.717, 1.165) is 10.0 Å². The number of benzene rings is 1. The summed E-state index contributed by atoms with van der Waals surface area (Å²) < 4.78 is 6.11. The van der Waals surface area contributed by atoms with Crippen LogP contribution in [-0.4, -0.2) is 15.4 Å². The van der Waals surface area contributed by atoms with Crippen molar-refractivity contribution in [3.05, 3.63) is 46.3 Å². The lowest BCUT2D eigenvalue weighted by molar-refractivity contribution is 0.423. The van der Waals surface area contributed by atoms with Gasteiger partial charge in [-0.3, -0.25) is 0 Å².